The first-order valence-corrected chi connectivity index (χ1v) is 5.72. The van der Waals surface area contributed by atoms with Crippen molar-refractivity contribution < 1.29 is 9.90 Å². The van der Waals surface area contributed by atoms with Gasteiger partial charge in [0, 0.05) is 13.1 Å². The first kappa shape index (κ1) is 10.9. The molecule has 0 spiro atoms. The van der Waals surface area contributed by atoms with E-state index < -0.39 is 6.10 Å². The lowest BCUT2D eigenvalue weighted by molar-refractivity contribution is -0.128. The number of aliphatic hydroxyl groups is 1. The summed E-state index contributed by atoms with van der Waals surface area (Å²) < 4.78 is 0. The van der Waals surface area contributed by atoms with Crippen LogP contribution < -0.4 is 0 Å². The molecular formula is C12H21NO2. The van der Waals surface area contributed by atoms with Crippen LogP contribution in [0.25, 0.3) is 0 Å². The van der Waals surface area contributed by atoms with Crippen LogP contribution in [0.4, 0.5) is 0 Å². The van der Waals surface area contributed by atoms with E-state index in [2.05, 4.69) is 27.7 Å². The SMILES string of the molecule is CC1(C)C(CN2CC(O)CC2=O)C1(C)C. The van der Waals surface area contributed by atoms with Gasteiger partial charge >= 0.3 is 0 Å². The number of aliphatic hydroxyl groups excluding tert-OH is 1. The molecule has 0 bridgehead atoms. The number of rotatable bonds is 2. The zero-order valence-electron chi connectivity index (χ0n) is 10.1. The van der Waals surface area contributed by atoms with E-state index in [1.807, 2.05) is 4.90 Å². The van der Waals surface area contributed by atoms with Crippen molar-refractivity contribution in [2.75, 3.05) is 13.1 Å². The Bertz CT molecular complexity index is 282. The maximum atomic E-state index is 11.5. The largest absolute Gasteiger partial charge is 0.391 e. The van der Waals surface area contributed by atoms with Crippen LogP contribution in [-0.4, -0.2) is 35.1 Å². The minimum absolute atomic E-state index is 0.112. The maximum Gasteiger partial charge on any atom is 0.225 e. The van der Waals surface area contributed by atoms with Gasteiger partial charge in [0.2, 0.25) is 5.91 Å². The lowest BCUT2D eigenvalue weighted by Gasteiger charge is -2.16. The second kappa shape index (κ2) is 2.97. The molecule has 1 saturated carbocycles. The highest BCUT2D eigenvalue weighted by Crippen LogP contribution is 2.68. The first-order chi connectivity index (χ1) is 6.76. The van der Waals surface area contributed by atoms with Gasteiger partial charge in [-0.1, -0.05) is 27.7 Å². The van der Waals surface area contributed by atoms with Crippen LogP contribution in [0, 0.1) is 16.7 Å². The van der Waals surface area contributed by atoms with Gasteiger partial charge in [-0.25, -0.2) is 0 Å². The summed E-state index contributed by atoms with van der Waals surface area (Å²) in [6.45, 7) is 10.4. The molecule has 0 aromatic carbocycles. The molecule has 86 valence electrons. The fourth-order valence-electron chi connectivity index (χ4n) is 2.94. The van der Waals surface area contributed by atoms with Gasteiger partial charge in [0.1, 0.15) is 0 Å². The minimum Gasteiger partial charge on any atom is -0.391 e. The van der Waals surface area contributed by atoms with Crippen LogP contribution in [0.2, 0.25) is 0 Å². The van der Waals surface area contributed by atoms with E-state index in [1.165, 1.54) is 0 Å². The van der Waals surface area contributed by atoms with Crippen LogP contribution in [-0.2, 0) is 4.79 Å². The summed E-state index contributed by atoms with van der Waals surface area (Å²) in [4.78, 5) is 13.4. The van der Waals surface area contributed by atoms with Crippen molar-refractivity contribution >= 4 is 5.91 Å². The van der Waals surface area contributed by atoms with Crippen molar-refractivity contribution in [3.63, 3.8) is 0 Å². The molecule has 1 amide bonds. The Morgan fingerprint density at radius 2 is 1.87 bits per heavy atom. The summed E-state index contributed by atoms with van der Waals surface area (Å²) >= 11 is 0. The third-order valence-corrected chi connectivity index (χ3v) is 4.92. The molecule has 1 saturated heterocycles. The summed E-state index contributed by atoms with van der Waals surface area (Å²) in [6.07, 6.45) is -0.129. The van der Waals surface area contributed by atoms with Gasteiger partial charge in [-0.05, 0) is 16.7 Å². The molecule has 15 heavy (non-hydrogen) atoms. The van der Waals surface area contributed by atoms with Crippen LogP contribution >= 0.6 is 0 Å². The highest BCUT2D eigenvalue weighted by Gasteiger charge is 2.64. The van der Waals surface area contributed by atoms with Gasteiger partial charge in [-0.3, -0.25) is 4.79 Å². The fourth-order valence-corrected chi connectivity index (χ4v) is 2.94. The number of hydrogen-bond donors (Lipinski definition) is 1. The van der Waals surface area contributed by atoms with Crippen molar-refractivity contribution in [2.45, 2.75) is 40.2 Å². The molecule has 2 fully saturated rings. The zero-order chi connectivity index (χ0) is 11.4. The average Bonchev–Trinajstić information content (AvgIpc) is 2.41. The number of carbonyl (C=O) groups is 1. The highest BCUT2D eigenvalue weighted by molar-refractivity contribution is 5.79. The summed E-state index contributed by atoms with van der Waals surface area (Å²) in [5.41, 5.74) is 0.641. The Labute approximate surface area is 91.5 Å². The summed E-state index contributed by atoms with van der Waals surface area (Å²) in [5, 5.41) is 9.40. The van der Waals surface area contributed by atoms with E-state index in [1.54, 1.807) is 0 Å². The lowest BCUT2D eigenvalue weighted by Crippen LogP contribution is -2.29. The molecular weight excluding hydrogens is 190 g/mol. The number of likely N-dealkylation sites (tertiary alicyclic amines) is 1. The third kappa shape index (κ3) is 1.48. The predicted molar refractivity (Wildman–Crippen MR) is 58.3 cm³/mol. The second-order valence-corrected chi connectivity index (χ2v) is 6.15. The molecule has 3 nitrogen and oxygen atoms in total. The molecule has 0 aromatic heterocycles. The maximum absolute atomic E-state index is 11.5. The first-order valence-electron chi connectivity index (χ1n) is 5.72. The van der Waals surface area contributed by atoms with Gasteiger partial charge in [-0.15, -0.1) is 0 Å². The van der Waals surface area contributed by atoms with Gasteiger partial charge in [0.05, 0.1) is 12.5 Å². The number of β-amino-alcohol motifs (C(OH)–C–C–N with tert-alkyl or cyclic N) is 1. The van der Waals surface area contributed by atoms with Gasteiger partial charge in [-0.2, -0.15) is 0 Å². The molecule has 0 aromatic rings. The lowest BCUT2D eigenvalue weighted by atomic mass is 10.0. The topological polar surface area (TPSA) is 40.5 Å². The second-order valence-electron chi connectivity index (χ2n) is 6.15. The number of carbonyl (C=O) groups excluding carboxylic acids is 1. The van der Waals surface area contributed by atoms with Crippen molar-refractivity contribution in [1.82, 2.24) is 4.90 Å². The number of nitrogens with zero attached hydrogens (tertiary/aromatic N) is 1. The summed E-state index contributed by atoms with van der Waals surface area (Å²) in [6, 6.07) is 0. The van der Waals surface area contributed by atoms with Gasteiger partial charge in [0.25, 0.3) is 0 Å². The smallest absolute Gasteiger partial charge is 0.225 e. The van der Waals surface area contributed by atoms with Gasteiger partial charge in [0.15, 0.2) is 0 Å². The molecule has 2 rings (SSSR count). The minimum atomic E-state index is -0.442. The van der Waals surface area contributed by atoms with E-state index in [0.29, 0.717) is 29.7 Å². The van der Waals surface area contributed by atoms with Crippen LogP contribution in [0.15, 0.2) is 0 Å². The van der Waals surface area contributed by atoms with E-state index in [-0.39, 0.29) is 5.91 Å². The normalized spacial score (nSPS) is 33.5. The van der Waals surface area contributed by atoms with Crippen molar-refractivity contribution in [2.24, 2.45) is 16.7 Å². The van der Waals surface area contributed by atoms with Crippen LogP contribution in [0.3, 0.4) is 0 Å². The Morgan fingerprint density at radius 1 is 1.33 bits per heavy atom. The molecule has 0 radical (unpaired) electrons. The van der Waals surface area contributed by atoms with Crippen molar-refractivity contribution in [1.29, 1.82) is 0 Å². The summed E-state index contributed by atoms with van der Waals surface area (Å²) in [5.74, 6) is 0.681. The number of hydrogen-bond acceptors (Lipinski definition) is 2. The molecule has 3 heteroatoms. The summed E-state index contributed by atoms with van der Waals surface area (Å²) in [7, 11) is 0. The Morgan fingerprint density at radius 3 is 2.20 bits per heavy atom. The Hall–Kier alpha value is -0.570. The molecule has 1 N–H and O–H groups in total. The average molecular weight is 211 g/mol. The van der Waals surface area contributed by atoms with Crippen molar-refractivity contribution in [3.05, 3.63) is 0 Å². The third-order valence-electron chi connectivity index (χ3n) is 4.92. The van der Waals surface area contributed by atoms with E-state index in [9.17, 15) is 9.90 Å². The van der Waals surface area contributed by atoms with E-state index in [0.717, 1.165) is 6.54 Å². The van der Waals surface area contributed by atoms with Gasteiger partial charge < -0.3 is 10.0 Å². The van der Waals surface area contributed by atoms with E-state index in [4.69, 9.17) is 0 Å². The molecule has 1 aliphatic carbocycles. The fraction of sp³-hybridized carbons (Fsp3) is 0.917. The standard InChI is InChI=1S/C12H21NO2/c1-11(2)9(12(11,3)4)7-13-6-8(14)5-10(13)15/h8-9,14H,5-7H2,1-4H3. The molecule has 1 heterocycles. The number of amides is 1. The predicted octanol–water partition coefficient (Wildman–Crippen LogP) is 1.26. The highest BCUT2D eigenvalue weighted by atomic mass is 16.3. The Balaban J connectivity index is 1.98. The molecule has 1 atom stereocenters. The molecule has 1 aliphatic heterocycles. The van der Waals surface area contributed by atoms with Crippen LogP contribution in [0.1, 0.15) is 34.1 Å². The quantitative estimate of drug-likeness (QED) is 0.747. The zero-order valence-corrected chi connectivity index (χ0v) is 10.1. The monoisotopic (exact) mass is 211 g/mol. The van der Waals surface area contributed by atoms with Crippen molar-refractivity contribution in [3.8, 4) is 0 Å². The molecule has 2 aliphatic rings. The molecule has 1 unspecified atom stereocenters. The van der Waals surface area contributed by atoms with E-state index >= 15 is 0 Å². The van der Waals surface area contributed by atoms with Crippen LogP contribution in [0.5, 0.6) is 0 Å². The Kier molecular flexibility index (Phi) is 2.16.